The number of nitriles is 1. The molecule has 0 unspecified atom stereocenters. The van der Waals surface area contributed by atoms with E-state index in [0.717, 1.165) is 43.2 Å². The van der Waals surface area contributed by atoms with Gasteiger partial charge in [0.1, 0.15) is 5.54 Å². The fourth-order valence-corrected chi connectivity index (χ4v) is 3.88. The molecule has 1 aliphatic rings. The molecule has 2 atom stereocenters. The minimum Gasteiger partial charge on any atom is -0.336 e. The van der Waals surface area contributed by atoms with E-state index in [9.17, 15) is 10.1 Å². The Kier molecular flexibility index (Phi) is 6.49. The largest absolute Gasteiger partial charge is 0.336 e. The van der Waals surface area contributed by atoms with E-state index in [1.807, 2.05) is 25.1 Å². The van der Waals surface area contributed by atoms with Gasteiger partial charge in [-0.2, -0.15) is 5.26 Å². The van der Waals surface area contributed by atoms with E-state index < -0.39 is 11.6 Å². The molecule has 1 aliphatic carbocycles. The van der Waals surface area contributed by atoms with Crippen molar-refractivity contribution < 1.29 is 4.79 Å². The second kappa shape index (κ2) is 9.03. The van der Waals surface area contributed by atoms with Crippen molar-refractivity contribution in [2.24, 2.45) is 0 Å². The van der Waals surface area contributed by atoms with E-state index in [-0.39, 0.29) is 11.9 Å². The molecule has 0 heterocycles. The maximum atomic E-state index is 12.9. The molecule has 2 aromatic rings. The summed E-state index contributed by atoms with van der Waals surface area (Å²) in [5, 5.41) is 16.2. The van der Waals surface area contributed by atoms with Crippen molar-refractivity contribution >= 4 is 5.91 Å². The highest BCUT2D eigenvalue weighted by Crippen LogP contribution is 2.28. The molecule has 1 fully saturated rings. The van der Waals surface area contributed by atoms with E-state index in [1.54, 1.807) is 0 Å². The van der Waals surface area contributed by atoms with Crippen LogP contribution in [0.3, 0.4) is 0 Å². The van der Waals surface area contributed by atoms with Gasteiger partial charge in [-0.05, 0) is 37.8 Å². The first-order valence-corrected chi connectivity index (χ1v) is 10.1. The molecule has 2 aromatic carbocycles. The third-order valence-electron chi connectivity index (χ3n) is 5.64. The Balaban J connectivity index is 1.77. The Morgan fingerprint density at radius 2 is 1.61 bits per heavy atom. The maximum absolute atomic E-state index is 12.9. The first kappa shape index (κ1) is 20.1. The molecule has 0 radical (unpaired) electrons. The fourth-order valence-electron chi connectivity index (χ4n) is 3.88. The van der Waals surface area contributed by atoms with Crippen LogP contribution in [0, 0.1) is 18.3 Å². The number of benzene rings is 2. The van der Waals surface area contributed by atoms with Crippen molar-refractivity contribution in [3.8, 4) is 6.07 Å². The number of carbonyl (C=O) groups is 1. The lowest BCUT2D eigenvalue weighted by Gasteiger charge is -2.33. The number of aryl methyl sites for hydroxylation is 1. The van der Waals surface area contributed by atoms with Crippen LogP contribution < -0.4 is 10.6 Å². The summed E-state index contributed by atoms with van der Waals surface area (Å²) in [5.41, 5.74) is 2.72. The molecule has 3 rings (SSSR count). The molecule has 2 N–H and O–H groups in total. The van der Waals surface area contributed by atoms with Gasteiger partial charge >= 0.3 is 0 Å². The second-order valence-electron chi connectivity index (χ2n) is 7.89. The molecule has 0 bridgehead atoms. The summed E-state index contributed by atoms with van der Waals surface area (Å²) in [6, 6.07) is 20.4. The summed E-state index contributed by atoms with van der Waals surface area (Å²) in [5.74, 6) is -0.114. The van der Waals surface area contributed by atoms with E-state index in [0.29, 0.717) is 0 Å². The standard InChI is InChI=1S/C24H29N3O/c1-18-11-13-21(14-12-18)22(20-9-5-3-6-10-20)26-19(2)23(28)27-24(17-25)15-7-4-8-16-24/h3,5-6,9-14,19,22,26H,4,7-8,15-16H2,1-2H3,(H,27,28)/t19-,22+/m1/s1. The molecule has 1 saturated carbocycles. The van der Waals surface area contributed by atoms with Crippen molar-refractivity contribution in [3.05, 3.63) is 71.3 Å². The third kappa shape index (κ3) is 4.79. The maximum Gasteiger partial charge on any atom is 0.238 e. The monoisotopic (exact) mass is 375 g/mol. The summed E-state index contributed by atoms with van der Waals surface area (Å²) < 4.78 is 0. The van der Waals surface area contributed by atoms with Gasteiger partial charge in [0.15, 0.2) is 0 Å². The Hall–Kier alpha value is -2.64. The lowest BCUT2D eigenvalue weighted by molar-refractivity contribution is -0.124. The molecule has 4 heteroatoms. The van der Waals surface area contributed by atoms with Crippen LogP contribution >= 0.6 is 0 Å². The molecule has 28 heavy (non-hydrogen) atoms. The average molecular weight is 376 g/mol. The highest BCUT2D eigenvalue weighted by Gasteiger charge is 2.35. The molecular formula is C24H29N3O. The van der Waals surface area contributed by atoms with E-state index in [4.69, 9.17) is 0 Å². The third-order valence-corrected chi connectivity index (χ3v) is 5.64. The number of hydrogen-bond acceptors (Lipinski definition) is 3. The number of nitrogens with one attached hydrogen (secondary N) is 2. The topological polar surface area (TPSA) is 64.9 Å². The minimum atomic E-state index is -0.711. The fraction of sp³-hybridized carbons (Fsp3) is 0.417. The van der Waals surface area contributed by atoms with Crippen LogP contribution in [0.1, 0.15) is 61.8 Å². The zero-order valence-electron chi connectivity index (χ0n) is 16.7. The summed E-state index contributed by atoms with van der Waals surface area (Å²) in [7, 11) is 0. The van der Waals surface area contributed by atoms with Gasteiger partial charge in [-0.3, -0.25) is 10.1 Å². The molecule has 0 spiro atoms. The van der Waals surface area contributed by atoms with E-state index in [1.165, 1.54) is 5.56 Å². The summed E-state index contributed by atoms with van der Waals surface area (Å²) in [6.45, 7) is 3.93. The minimum absolute atomic E-state index is 0.0908. The van der Waals surface area contributed by atoms with Crippen molar-refractivity contribution in [3.63, 3.8) is 0 Å². The highest BCUT2D eigenvalue weighted by atomic mass is 16.2. The number of hydrogen-bond donors (Lipinski definition) is 2. The van der Waals surface area contributed by atoms with Gasteiger partial charge in [-0.25, -0.2) is 0 Å². The van der Waals surface area contributed by atoms with Gasteiger partial charge in [-0.1, -0.05) is 79.4 Å². The molecule has 0 saturated heterocycles. The van der Waals surface area contributed by atoms with Crippen molar-refractivity contribution in [1.29, 1.82) is 5.26 Å². The van der Waals surface area contributed by atoms with Crippen LogP contribution in [0.2, 0.25) is 0 Å². The molecular weight excluding hydrogens is 346 g/mol. The SMILES string of the molecule is Cc1ccc([C@@H](N[C@H](C)C(=O)NC2(C#N)CCCCC2)c2ccccc2)cc1. The van der Waals surface area contributed by atoms with Crippen LogP contribution in [0.25, 0.3) is 0 Å². The zero-order valence-corrected chi connectivity index (χ0v) is 16.7. The van der Waals surface area contributed by atoms with E-state index in [2.05, 4.69) is 60.0 Å². The Bertz CT molecular complexity index is 817. The van der Waals surface area contributed by atoms with Gasteiger partial charge in [0.25, 0.3) is 0 Å². The summed E-state index contributed by atoms with van der Waals surface area (Å²) in [4.78, 5) is 12.9. The summed E-state index contributed by atoms with van der Waals surface area (Å²) >= 11 is 0. The number of nitrogens with zero attached hydrogens (tertiary/aromatic N) is 1. The Morgan fingerprint density at radius 3 is 2.21 bits per heavy atom. The van der Waals surface area contributed by atoms with Gasteiger partial charge in [-0.15, -0.1) is 0 Å². The van der Waals surface area contributed by atoms with Crippen LogP contribution in [0.4, 0.5) is 0 Å². The van der Waals surface area contributed by atoms with Crippen LogP contribution in [0.15, 0.2) is 54.6 Å². The first-order valence-electron chi connectivity index (χ1n) is 10.1. The number of carbonyl (C=O) groups excluding carboxylic acids is 1. The van der Waals surface area contributed by atoms with Crippen molar-refractivity contribution in [2.75, 3.05) is 0 Å². The van der Waals surface area contributed by atoms with E-state index >= 15 is 0 Å². The van der Waals surface area contributed by atoms with Crippen LogP contribution in [-0.2, 0) is 4.79 Å². The lowest BCUT2D eigenvalue weighted by Crippen LogP contribution is -2.54. The normalized spacial score (nSPS) is 17.9. The van der Waals surface area contributed by atoms with Gasteiger partial charge in [0.2, 0.25) is 5.91 Å². The lowest BCUT2D eigenvalue weighted by atomic mass is 9.82. The van der Waals surface area contributed by atoms with Crippen LogP contribution in [-0.4, -0.2) is 17.5 Å². The number of amides is 1. The smallest absolute Gasteiger partial charge is 0.238 e. The highest BCUT2D eigenvalue weighted by molar-refractivity contribution is 5.82. The van der Waals surface area contributed by atoms with Crippen LogP contribution in [0.5, 0.6) is 0 Å². The number of rotatable bonds is 6. The Morgan fingerprint density at radius 1 is 1.00 bits per heavy atom. The van der Waals surface area contributed by atoms with Gasteiger partial charge in [0.05, 0.1) is 18.2 Å². The second-order valence-corrected chi connectivity index (χ2v) is 7.89. The first-order chi connectivity index (χ1) is 13.5. The van der Waals surface area contributed by atoms with Gasteiger partial charge in [0, 0.05) is 0 Å². The quantitative estimate of drug-likeness (QED) is 0.786. The van der Waals surface area contributed by atoms with Gasteiger partial charge < -0.3 is 5.32 Å². The predicted molar refractivity (Wildman–Crippen MR) is 112 cm³/mol. The predicted octanol–water partition coefficient (Wildman–Crippen LogP) is 4.41. The Labute approximate surface area is 168 Å². The molecule has 0 aromatic heterocycles. The molecule has 0 aliphatic heterocycles. The van der Waals surface area contributed by atoms with Crippen molar-refractivity contribution in [2.45, 2.75) is 63.6 Å². The molecule has 4 nitrogen and oxygen atoms in total. The van der Waals surface area contributed by atoms with Crippen molar-refractivity contribution in [1.82, 2.24) is 10.6 Å². The summed E-state index contributed by atoms with van der Waals surface area (Å²) in [6.07, 6.45) is 4.60. The zero-order chi connectivity index (χ0) is 20.0. The average Bonchev–Trinajstić information content (AvgIpc) is 2.74. The molecule has 1 amide bonds. The molecule has 146 valence electrons.